The van der Waals surface area contributed by atoms with Crippen LogP contribution in [0.2, 0.25) is 0 Å². The summed E-state index contributed by atoms with van der Waals surface area (Å²) in [6, 6.07) is 11.7. The van der Waals surface area contributed by atoms with Crippen molar-refractivity contribution >= 4 is 34.4 Å². The number of ketones is 1. The van der Waals surface area contributed by atoms with Gasteiger partial charge in [0.15, 0.2) is 23.2 Å². The van der Waals surface area contributed by atoms with Crippen molar-refractivity contribution in [1.82, 2.24) is 20.9 Å². The Hall–Kier alpha value is -5.27. The molecule has 5 rings (SSSR count). The van der Waals surface area contributed by atoms with Gasteiger partial charge in [-0.2, -0.15) is 8.78 Å². The van der Waals surface area contributed by atoms with E-state index < -0.39 is 77.0 Å². The van der Waals surface area contributed by atoms with Crippen LogP contribution in [0.15, 0.2) is 60.7 Å². The number of Topliss-reactive ketones (excluding diaryl/α,β-unsaturated/α-hetero) is 1. The topological polar surface area (TPSA) is 129 Å². The summed E-state index contributed by atoms with van der Waals surface area (Å²) in [5.41, 5.74) is 1.36. The van der Waals surface area contributed by atoms with Crippen LogP contribution in [-0.2, 0) is 20.8 Å². The van der Waals surface area contributed by atoms with Gasteiger partial charge < -0.3 is 25.7 Å². The zero-order valence-corrected chi connectivity index (χ0v) is 24.7. The average Bonchev–Trinajstić information content (AvgIpc) is 3.67. The van der Waals surface area contributed by atoms with Gasteiger partial charge in [-0.1, -0.05) is 30.3 Å². The van der Waals surface area contributed by atoms with Crippen molar-refractivity contribution in [3.63, 3.8) is 0 Å². The third-order valence-electron chi connectivity index (χ3n) is 7.83. The van der Waals surface area contributed by atoms with E-state index in [9.17, 15) is 41.1 Å². The highest BCUT2D eigenvalue weighted by molar-refractivity contribution is 6.01. The molecule has 2 heterocycles. The Morgan fingerprint density at radius 3 is 2.30 bits per heavy atom. The molecule has 4 aromatic rings. The van der Waals surface area contributed by atoms with Crippen LogP contribution in [0.4, 0.5) is 22.0 Å². The molecule has 1 aliphatic heterocycles. The van der Waals surface area contributed by atoms with Crippen molar-refractivity contribution in [1.29, 1.82) is 0 Å². The summed E-state index contributed by atoms with van der Waals surface area (Å²) in [7, 11) is 0. The second-order valence-electron chi connectivity index (χ2n) is 11.1. The molecule has 1 unspecified atom stereocenters. The fourth-order valence-corrected chi connectivity index (χ4v) is 5.31. The van der Waals surface area contributed by atoms with E-state index >= 15 is 0 Å². The number of amides is 3. The minimum Gasteiger partial charge on any atom is -0.479 e. The van der Waals surface area contributed by atoms with Gasteiger partial charge in [0.2, 0.25) is 23.4 Å². The van der Waals surface area contributed by atoms with Crippen LogP contribution in [0.3, 0.4) is 0 Å². The Bertz CT molecular complexity index is 1790. The van der Waals surface area contributed by atoms with E-state index in [1.807, 2.05) is 18.2 Å². The smallest absolute Gasteiger partial charge is 0.268 e. The van der Waals surface area contributed by atoms with Crippen LogP contribution in [0.5, 0.6) is 5.75 Å². The van der Waals surface area contributed by atoms with Crippen LogP contribution < -0.4 is 20.7 Å². The lowest BCUT2D eigenvalue weighted by molar-refractivity contribution is -0.131. The second-order valence-corrected chi connectivity index (χ2v) is 11.1. The molecule has 3 amide bonds. The summed E-state index contributed by atoms with van der Waals surface area (Å²) in [6.07, 6.45) is 0.492. The summed E-state index contributed by atoms with van der Waals surface area (Å²) in [5.74, 6) is -12.7. The maximum absolute atomic E-state index is 14.2. The van der Waals surface area contributed by atoms with Gasteiger partial charge in [0.05, 0.1) is 6.04 Å². The molecule has 0 saturated carbocycles. The van der Waals surface area contributed by atoms with E-state index in [0.717, 1.165) is 5.56 Å². The van der Waals surface area contributed by atoms with E-state index in [1.54, 1.807) is 12.1 Å². The summed E-state index contributed by atoms with van der Waals surface area (Å²) < 4.78 is 74.2. The van der Waals surface area contributed by atoms with Crippen molar-refractivity contribution in [2.45, 2.75) is 37.8 Å². The number of halogens is 5. The number of nitrogens with one attached hydrogen (secondary N) is 4. The monoisotopic (exact) mass is 656 g/mol. The Morgan fingerprint density at radius 2 is 1.62 bits per heavy atom. The average molecular weight is 657 g/mol. The summed E-state index contributed by atoms with van der Waals surface area (Å²) in [5, 5.41) is 8.19. The lowest BCUT2D eigenvalue weighted by Gasteiger charge is -2.24. The molecule has 47 heavy (non-hydrogen) atoms. The van der Waals surface area contributed by atoms with Gasteiger partial charge in [-0.25, -0.2) is 13.2 Å². The lowest BCUT2D eigenvalue weighted by atomic mass is 9.95. The predicted molar refractivity (Wildman–Crippen MR) is 159 cm³/mol. The van der Waals surface area contributed by atoms with Crippen molar-refractivity contribution in [3.05, 3.63) is 101 Å². The van der Waals surface area contributed by atoms with E-state index in [1.165, 1.54) is 24.3 Å². The fourth-order valence-electron chi connectivity index (χ4n) is 5.31. The van der Waals surface area contributed by atoms with Crippen LogP contribution in [0, 0.1) is 35.0 Å². The van der Waals surface area contributed by atoms with Gasteiger partial charge in [-0.3, -0.25) is 19.2 Å². The van der Waals surface area contributed by atoms with Crippen LogP contribution >= 0.6 is 0 Å². The molecule has 3 aromatic carbocycles. The SMILES string of the molecule is O=C(N[C@@H](CCc1ccccc1)C(=O)N[C@@H](CC1CCNC1=O)C(=O)COc1c(F)c(F)cc(F)c1F)c1cc2cc(F)ccc2[nH]1. The number of aromatic amines is 1. The Balaban J connectivity index is 1.36. The first-order valence-electron chi connectivity index (χ1n) is 14.7. The molecule has 0 aliphatic carbocycles. The van der Waals surface area contributed by atoms with E-state index in [2.05, 4.69) is 20.9 Å². The van der Waals surface area contributed by atoms with E-state index in [4.69, 9.17) is 4.74 Å². The van der Waals surface area contributed by atoms with E-state index in [0.29, 0.717) is 30.3 Å². The molecule has 0 bridgehead atoms. The quantitative estimate of drug-likeness (QED) is 0.126. The van der Waals surface area contributed by atoms with Crippen molar-refractivity contribution in [2.24, 2.45) is 5.92 Å². The first-order valence-corrected chi connectivity index (χ1v) is 14.7. The molecule has 9 nitrogen and oxygen atoms in total. The lowest BCUT2D eigenvalue weighted by Crippen LogP contribution is -2.53. The number of hydrogen-bond acceptors (Lipinski definition) is 5. The first kappa shape index (κ1) is 33.1. The number of aromatic nitrogens is 1. The maximum Gasteiger partial charge on any atom is 0.268 e. The number of benzene rings is 3. The summed E-state index contributed by atoms with van der Waals surface area (Å²) >= 11 is 0. The molecule has 0 radical (unpaired) electrons. The number of H-pyrrole nitrogens is 1. The Kier molecular flexibility index (Phi) is 10.2. The standard InChI is InChI=1S/C33H29F5N4O5/c34-20-7-9-23-19(12-20)14-26(40-23)33(46)41-24(8-6-17-4-2-1-3-5-17)32(45)42-25(13-18-10-11-39-31(18)44)27(43)16-47-30-28(37)21(35)15-22(36)29(30)38/h1-5,7,9,12,14-15,18,24-25,40H,6,8,10-11,13,16H2,(H,39,44)(H,41,46)(H,42,45)/t18?,24-,25-/m0/s1. The van der Waals surface area contributed by atoms with E-state index in [-0.39, 0.29) is 30.5 Å². The van der Waals surface area contributed by atoms with Gasteiger partial charge in [0, 0.05) is 29.4 Å². The number of carbonyl (C=O) groups excluding carboxylic acids is 4. The molecule has 0 spiro atoms. The molecular weight excluding hydrogens is 627 g/mol. The minimum absolute atomic E-state index is 0.0148. The molecule has 1 aliphatic rings. The Morgan fingerprint density at radius 1 is 0.894 bits per heavy atom. The number of carbonyl (C=O) groups is 4. The predicted octanol–water partition coefficient (Wildman–Crippen LogP) is 4.25. The zero-order valence-electron chi connectivity index (χ0n) is 24.7. The normalized spacial score (nSPS) is 15.6. The number of hydrogen-bond donors (Lipinski definition) is 4. The first-order chi connectivity index (χ1) is 22.5. The zero-order chi connectivity index (χ0) is 33.7. The highest BCUT2D eigenvalue weighted by Gasteiger charge is 2.34. The molecule has 1 saturated heterocycles. The Labute approximate surface area is 264 Å². The van der Waals surface area contributed by atoms with Gasteiger partial charge in [0.1, 0.15) is 24.2 Å². The molecule has 14 heteroatoms. The van der Waals surface area contributed by atoms with Gasteiger partial charge in [-0.05, 0) is 55.5 Å². The maximum atomic E-state index is 14.2. The van der Waals surface area contributed by atoms with Crippen molar-refractivity contribution in [2.75, 3.05) is 13.2 Å². The van der Waals surface area contributed by atoms with Crippen molar-refractivity contribution in [3.8, 4) is 5.75 Å². The molecule has 1 fully saturated rings. The van der Waals surface area contributed by atoms with Gasteiger partial charge in [0.25, 0.3) is 5.91 Å². The molecular formula is C33H29F5N4O5. The number of ether oxygens (including phenoxy) is 1. The molecule has 1 aromatic heterocycles. The van der Waals surface area contributed by atoms with Crippen LogP contribution in [-0.4, -0.2) is 53.7 Å². The van der Waals surface area contributed by atoms with Crippen LogP contribution in [0.1, 0.15) is 35.3 Å². The van der Waals surface area contributed by atoms with Crippen LogP contribution in [0.25, 0.3) is 10.9 Å². The highest BCUT2D eigenvalue weighted by Crippen LogP contribution is 2.27. The molecule has 3 atom stereocenters. The minimum atomic E-state index is -1.85. The third-order valence-corrected chi connectivity index (χ3v) is 7.83. The largest absolute Gasteiger partial charge is 0.479 e. The molecule has 4 N–H and O–H groups in total. The summed E-state index contributed by atoms with van der Waals surface area (Å²) in [6.45, 7) is -0.791. The summed E-state index contributed by atoms with van der Waals surface area (Å²) in [4.78, 5) is 55.4. The highest BCUT2D eigenvalue weighted by atomic mass is 19.2. The second kappa shape index (κ2) is 14.4. The number of aryl methyl sites for hydroxylation is 1. The van der Waals surface area contributed by atoms with Gasteiger partial charge >= 0.3 is 0 Å². The number of rotatable bonds is 13. The van der Waals surface area contributed by atoms with Crippen molar-refractivity contribution < 1.29 is 45.9 Å². The van der Waals surface area contributed by atoms with Gasteiger partial charge in [-0.15, -0.1) is 0 Å². The number of fused-ring (bicyclic) bond motifs is 1. The fraction of sp³-hybridized carbons (Fsp3) is 0.273. The third kappa shape index (κ3) is 7.94. The molecule has 246 valence electrons.